The van der Waals surface area contributed by atoms with Crippen LogP contribution in [-0.4, -0.2) is 5.78 Å². The van der Waals surface area contributed by atoms with Crippen LogP contribution in [0.2, 0.25) is 0 Å². The molecule has 0 spiro atoms. The number of hydrogen-bond donors (Lipinski definition) is 1. The van der Waals surface area contributed by atoms with Crippen molar-refractivity contribution < 1.29 is 4.79 Å². The predicted molar refractivity (Wildman–Crippen MR) is 70.5 cm³/mol. The van der Waals surface area contributed by atoms with Crippen LogP contribution in [0.5, 0.6) is 0 Å². The fraction of sp³-hybridized carbons (Fsp3) is 0.812. The average molecular weight is 245 g/mol. The molecule has 4 fully saturated rings. The third kappa shape index (κ3) is 1.64. The van der Waals surface area contributed by atoms with Gasteiger partial charge >= 0.3 is 0 Å². The molecule has 0 amide bonds. The Hall–Kier alpha value is -0.790. The highest BCUT2D eigenvalue weighted by molar-refractivity contribution is 5.91. The van der Waals surface area contributed by atoms with Gasteiger partial charge < -0.3 is 5.73 Å². The van der Waals surface area contributed by atoms with Gasteiger partial charge in [0.05, 0.1) is 0 Å². The highest BCUT2D eigenvalue weighted by Crippen LogP contribution is 2.59. The standard InChI is InChI=1S/C16H23NO/c17-14-6-13(7-15(18)8-14)16-11-2-9-1-10(4-11)5-12(16)3-9/h8-13,16H,1-7,17H2. The first-order valence-corrected chi connectivity index (χ1v) is 7.68. The summed E-state index contributed by atoms with van der Waals surface area (Å²) in [7, 11) is 0. The molecule has 4 saturated carbocycles. The van der Waals surface area contributed by atoms with Crippen molar-refractivity contribution in [2.24, 2.45) is 41.2 Å². The minimum atomic E-state index is 0.276. The molecule has 0 aromatic heterocycles. The minimum Gasteiger partial charge on any atom is -0.402 e. The quantitative estimate of drug-likeness (QED) is 0.772. The molecular weight excluding hydrogens is 222 g/mol. The SMILES string of the molecule is NC1=CC(=O)CC(C2C3CC4CC(C3)CC2C4)C1. The molecule has 0 saturated heterocycles. The highest BCUT2D eigenvalue weighted by Gasteiger charge is 2.50. The van der Waals surface area contributed by atoms with Gasteiger partial charge in [-0.1, -0.05) is 0 Å². The first-order chi connectivity index (χ1) is 8.69. The average Bonchev–Trinajstić information content (AvgIpc) is 2.25. The lowest BCUT2D eigenvalue weighted by atomic mass is 9.49. The predicted octanol–water partition coefficient (Wildman–Crippen LogP) is 2.88. The van der Waals surface area contributed by atoms with Crippen molar-refractivity contribution in [1.82, 2.24) is 0 Å². The summed E-state index contributed by atoms with van der Waals surface area (Å²) >= 11 is 0. The molecule has 1 atom stereocenters. The van der Waals surface area contributed by atoms with Crippen LogP contribution in [0.4, 0.5) is 0 Å². The number of nitrogens with two attached hydrogens (primary N) is 1. The molecule has 18 heavy (non-hydrogen) atoms. The Morgan fingerprint density at radius 2 is 1.50 bits per heavy atom. The van der Waals surface area contributed by atoms with Crippen molar-refractivity contribution >= 4 is 5.78 Å². The topological polar surface area (TPSA) is 43.1 Å². The zero-order valence-electron chi connectivity index (χ0n) is 11.0. The number of rotatable bonds is 1. The number of ketones is 1. The molecule has 1 unspecified atom stereocenters. The van der Waals surface area contributed by atoms with Gasteiger partial charge in [-0.25, -0.2) is 0 Å². The lowest BCUT2D eigenvalue weighted by molar-refractivity contribution is -0.119. The van der Waals surface area contributed by atoms with Gasteiger partial charge in [-0.15, -0.1) is 0 Å². The fourth-order valence-corrected chi connectivity index (χ4v) is 5.97. The van der Waals surface area contributed by atoms with Gasteiger partial charge in [0.2, 0.25) is 0 Å². The maximum absolute atomic E-state index is 11.8. The minimum absolute atomic E-state index is 0.276. The summed E-state index contributed by atoms with van der Waals surface area (Å²) in [6.07, 6.45) is 10.7. The number of carbonyl (C=O) groups is 1. The Morgan fingerprint density at radius 1 is 0.889 bits per heavy atom. The molecule has 2 heteroatoms. The molecule has 5 aliphatic rings. The summed E-state index contributed by atoms with van der Waals surface area (Å²) in [5, 5.41) is 0. The molecule has 4 bridgehead atoms. The van der Waals surface area contributed by atoms with E-state index in [2.05, 4.69) is 0 Å². The van der Waals surface area contributed by atoms with Gasteiger partial charge in [-0.3, -0.25) is 4.79 Å². The lowest BCUT2D eigenvalue weighted by Gasteiger charge is -2.56. The van der Waals surface area contributed by atoms with E-state index in [-0.39, 0.29) is 5.78 Å². The molecule has 5 aliphatic carbocycles. The van der Waals surface area contributed by atoms with Gasteiger partial charge in [-0.05, 0) is 80.1 Å². The van der Waals surface area contributed by atoms with Gasteiger partial charge in [0.15, 0.2) is 5.78 Å². The van der Waals surface area contributed by atoms with Crippen LogP contribution in [0.3, 0.4) is 0 Å². The van der Waals surface area contributed by atoms with E-state index in [4.69, 9.17) is 5.73 Å². The molecule has 0 aromatic carbocycles. The molecule has 98 valence electrons. The summed E-state index contributed by atoms with van der Waals surface area (Å²) in [4.78, 5) is 11.8. The molecule has 0 aliphatic heterocycles. The second-order valence-corrected chi connectivity index (χ2v) is 7.36. The van der Waals surface area contributed by atoms with E-state index in [1.54, 1.807) is 6.08 Å². The zero-order chi connectivity index (χ0) is 12.3. The van der Waals surface area contributed by atoms with Crippen LogP contribution in [0.25, 0.3) is 0 Å². The molecular formula is C16H23NO. The van der Waals surface area contributed by atoms with Crippen molar-refractivity contribution in [3.05, 3.63) is 11.8 Å². The monoisotopic (exact) mass is 245 g/mol. The van der Waals surface area contributed by atoms with Crippen LogP contribution in [0.1, 0.15) is 44.9 Å². The molecule has 0 heterocycles. The second-order valence-electron chi connectivity index (χ2n) is 7.36. The Kier molecular flexibility index (Phi) is 2.37. The van der Waals surface area contributed by atoms with Crippen molar-refractivity contribution in [1.29, 1.82) is 0 Å². The smallest absolute Gasteiger partial charge is 0.157 e. The van der Waals surface area contributed by atoms with E-state index in [0.29, 0.717) is 5.92 Å². The first-order valence-electron chi connectivity index (χ1n) is 7.68. The molecule has 5 rings (SSSR count). The molecule has 0 aromatic rings. The summed E-state index contributed by atoms with van der Waals surface area (Å²) < 4.78 is 0. The Bertz CT molecular complexity index is 383. The van der Waals surface area contributed by atoms with Crippen LogP contribution in [0, 0.1) is 35.5 Å². The van der Waals surface area contributed by atoms with E-state index >= 15 is 0 Å². The maximum Gasteiger partial charge on any atom is 0.157 e. The van der Waals surface area contributed by atoms with Crippen LogP contribution in [0.15, 0.2) is 11.8 Å². The summed E-state index contributed by atoms with van der Waals surface area (Å²) in [5.74, 6) is 5.55. The van der Waals surface area contributed by atoms with E-state index in [9.17, 15) is 4.79 Å². The van der Waals surface area contributed by atoms with Gasteiger partial charge in [-0.2, -0.15) is 0 Å². The van der Waals surface area contributed by atoms with E-state index in [0.717, 1.165) is 48.1 Å². The van der Waals surface area contributed by atoms with Crippen LogP contribution in [-0.2, 0) is 4.79 Å². The largest absolute Gasteiger partial charge is 0.402 e. The Balaban J connectivity index is 1.58. The van der Waals surface area contributed by atoms with Crippen molar-refractivity contribution in [3.8, 4) is 0 Å². The lowest BCUT2D eigenvalue weighted by Crippen LogP contribution is -2.48. The van der Waals surface area contributed by atoms with Crippen molar-refractivity contribution in [2.75, 3.05) is 0 Å². The second kappa shape index (κ2) is 3.85. The summed E-state index contributed by atoms with van der Waals surface area (Å²) in [5.41, 5.74) is 6.79. The van der Waals surface area contributed by atoms with Gasteiger partial charge in [0.25, 0.3) is 0 Å². The molecule has 2 N–H and O–H groups in total. The normalized spacial score (nSPS) is 50.4. The van der Waals surface area contributed by atoms with Crippen molar-refractivity contribution in [2.45, 2.75) is 44.9 Å². The van der Waals surface area contributed by atoms with E-state index in [1.807, 2.05) is 0 Å². The van der Waals surface area contributed by atoms with Gasteiger partial charge in [0, 0.05) is 12.1 Å². The number of allylic oxidation sites excluding steroid dienone is 2. The van der Waals surface area contributed by atoms with Crippen LogP contribution < -0.4 is 5.73 Å². The van der Waals surface area contributed by atoms with E-state index < -0.39 is 0 Å². The Morgan fingerprint density at radius 3 is 2.06 bits per heavy atom. The molecule has 0 radical (unpaired) electrons. The van der Waals surface area contributed by atoms with Crippen LogP contribution >= 0.6 is 0 Å². The summed E-state index contributed by atoms with van der Waals surface area (Å²) in [6.45, 7) is 0. The van der Waals surface area contributed by atoms with E-state index in [1.165, 1.54) is 32.1 Å². The first kappa shape index (κ1) is 11.1. The molecule has 2 nitrogen and oxygen atoms in total. The fourth-order valence-electron chi connectivity index (χ4n) is 5.97. The van der Waals surface area contributed by atoms with Crippen molar-refractivity contribution in [3.63, 3.8) is 0 Å². The third-order valence-electron chi connectivity index (χ3n) is 6.15. The number of hydrogen-bond acceptors (Lipinski definition) is 2. The van der Waals surface area contributed by atoms with Gasteiger partial charge in [0.1, 0.15) is 0 Å². The summed E-state index contributed by atoms with van der Waals surface area (Å²) in [6, 6.07) is 0. The number of carbonyl (C=O) groups excluding carboxylic acids is 1. The third-order valence-corrected chi connectivity index (χ3v) is 6.15. The Labute approximate surface area is 109 Å². The highest BCUT2D eigenvalue weighted by atomic mass is 16.1. The maximum atomic E-state index is 11.8. The zero-order valence-corrected chi connectivity index (χ0v) is 11.0.